The average molecular weight is 431 g/mol. The Labute approximate surface area is 177 Å². The lowest BCUT2D eigenvalue weighted by Crippen LogP contribution is -2.21. The Morgan fingerprint density at radius 2 is 2.24 bits per heavy atom. The molecule has 0 saturated carbocycles. The lowest BCUT2D eigenvalue weighted by atomic mass is 9.98. The molecule has 0 radical (unpaired) electrons. The predicted octanol–water partition coefficient (Wildman–Crippen LogP) is 3.82. The first-order chi connectivity index (χ1) is 13.9. The zero-order chi connectivity index (χ0) is 20.5. The van der Waals surface area contributed by atoms with Crippen molar-refractivity contribution in [3.8, 4) is 10.4 Å². The third-order valence-corrected chi connectivity index (χ3v) is 6.85. The normalized spacial score (nSPS) is 22.2. The van der Waals surface area contributed by atoms with Gasteiger partial charge in [-0.15, -0.1) is 11.3 Å². The molecule has 0 bridgehead atoms. The van der Waals surface area contributed by atoms with Crippen LogP contribution in [0.2, 0.25) is 0 Å². The van der Waals surface area contributed by atoms with Gasteiger partial charge in [-0.1, -0.05) is 24.3 Å². The van der Waals surface area contributed by atoms with Crippen LogP contribution in [0.5, 0.6) is 0 Å². The first-order valence-electron chi connectivity index (χ1n) is 9.69. The number of hydrogen-bond acceptors (Lipinski definition) is 6. The highest BCUT2D eigenvalue weighted by Crippen LogP contribution is 2.41. The molecule has 0 amide bonds. The van der Waals surface area contributed by atoms with E-state index in [4.69, 9.17) is 10.5 Å². The molecule has 6 nitrogen and oxygen atoms in total. The smallest absolute Gasteiger partial charge is 0.138 e. The van der Waals surface area contributed by atoms with Crippen LogP contribution in [0.25, 0.3) is 10.4 Å². The molecule has 8 heteroatoms. The largest absolute Gasteiger partial charge is 0.760 e. The van der Waals surface area contributed by atoms with Gasteiger partial charge in [0.15, 0.2) is 0 Å². The zero-order valence-electron chi connectivity index (χ0n) is 16.4. The van der Waals surface area contributed by atoms with Gasteiger partial charge in [0.2, 0.25) is 0 Å². The monoisotopic (exact) mass is 430 g/mol. The summed E-state index contributed by atoms with van der Waals surface area (Å²) < 4.78 is 30.5. The Morgan fingerprint density at radius 3 is 2.97 bits per heavy atom. The highest BCUT2D eigenvalue weighted by Gasteiger charge is 2.26. The maximum absolute atomic E-state index is 11.1. The van der Waals surface area contributed by atoms with Crippen molar-refractivity contribution in [1.29, 1.82) is 0 Å². The molecule has 1 heterocycles. The summed E-state index contributed by atoms with van der Waals surface area (Å²) in [7, 11) is 0. The fraction of sp³-hybridized carbons (Fsp3) is 0.381. The van der Waals surface area contributed by atoms with E-state index in [-0.39, 0.29) is 18.1 Å². The molecule has 1 aromatic heterocycles. The summed E-state index contributed by atoms with van der Waals surface area (Å²) in [5.74, 6) is 0.894. The maximum Gasteiger partial charge on any atom is 0.138 e. The van der Waals surface area contributed by atoms with E-state index in [0.717, 1.165) is 45.3 Å². The molecule has 0 saturated heterocycles. The van der Waals surface area contributed by atoms with Crippen molar-refractivity contribution < 1.29 is 13.5 Å². The van der Waals surface area contributed by atoms with Crippen molar-refractivity contribution >= 4 is 22.6 Å². The van der Waals surface area contributed by atoms with Crippen molar-refractivity contribution in [3.63, 3.8) is 0 Å². The van der Waals surface area contributed by atoms with E-state index in [1.807, 2.05) is 38.3 Å². The number of thiazole rings is 1. The van der Waals surface area contributed by atoms with Crippen LogP contribution in [0.15, 0.2) is 48.0 Å². The fourth-order valence-electron chi connectivity index (χ4n) is 3.96. The van der Waals surface area contributed by atoms with Crippen molar-refractivity contribution in [3.05, 3.63) is 64.1 Å². The molecule has 2 aliphatic carbocycles. The molecule has 3 N–H and O–H groups in total. The van der Waals surface area contributed by atoms with Crippen LogP contribution in [0.3, 0.4) is 0 Å². The number of hydrogen-bond donors (Lipinski definition) is 2. The Morgan fingerprint density at radius 1 is 1.41 bits per heavy atom. The Hall–Kier alpha value is -2.00. The molecule has 154 valence electrons. The van der Waals surface area contributed by atoms with Gasteiger partial charge in [0.1, 0.15) is 10.8 Å². The number of allylic oxidation sites excluding steroid dienone is 3. The second kappa shape index (κ2) is 8.39. The summed E-state index contributed by atoms with van der Waals surface area (Å²) >= 11 is -0.600. The number of aromatic nitrogens is 1. The molecule has 0 spiro atoms. The van der Waals surface area contributed by atoms with Crippen molar-refractivity contribution in [2.45, 2.75) is 51.2 Å². The standard InChI is InChI=1S/C21H25N3O3S2/c1-12(2)27-19-9-6-13(10-17(19)22)21-23-11-20(28-21)16-5-3-4-15-14(16)7-8-18(15)24-29(25)26/h3-6,9,11-13,18,24H,7-8,10,22H2,1-2H3,(H,25,26)/p-1/t13?,18-/m0/s1. The summed E-state index contributed by atoms with van der Waals surface area (Å²) in [6.07, 6.45) is 8.38. The summed E-state index contributed by atoms with van der Waals surface area (Å²) in [5, 5.41) is 1.02. The second-order valence-electron chi connectivity index (χ2n) is 7.61. The minimum Gasteiger partial charge on any atom is -0.760 e. The molecule has 2 aromatic rings. The summed E-state index contributed by atoms with van der Waals surface area (Å²) in [5.41, 5.74) is 10.4. The molecular weight excluding hydrogens is 406 g/mol. The zero-order valence-corrected chi connectivity index (χ0v) is 18.0. The highest BCUT2D eigenvalue weighted by molar-refractivity contribution is 7.77. The van der Waals surface area contributed by atoms with Gasteiger partial charge in [-0.25, -0.2) is 9.71 Å². The molecule has 2 aliphatic rings. The highest BCUT2D eigenvalue weighted by atomic mass is 32.2. The number of nitrogens with one attached hydrogen (secondary N) is 1. The second-order valence-corrected chi connectivity index (χ2v) is 9.37. The fourth-order valence-corrected chi connectivity index (χ4v) is 5.49. The molecule has 1 aromatic carbocycles. The van der Waals surface area contributed by atoms with E-state index < -0.39 is 11.3 Å². The van der Waals surface area contributed by atoms with E-state index in [2.05, 4.69) is 21.8 Å². The first-order valence-corrected chi connectivity index (χ1v) is 11.6. The Balaban J connectivity index is 1.56. The Kier molecular flexibility index (Phi) is 5.87. The number of fused-ring (bicyclic) bond motifs is 1. The molecular formula is C21H24N3O3S2-. The third-order valence-electron chi connectivity index (χ3n) is 5.21. The Bertz CT molecular complexity index is 997. The minimum absolute atomic E-state index is 0.0914. The molecule has 0 fully saturated rings. The van der Waals surface area contributed by atoms with Gasteiger partial charge in [0.05, 0.1) is 16.7 Å². The summed E-state index contributed by atoms with van der Waals surface area (Å²) in [4.78, 5) is 5.76. The van der Waals surface area contributed by atoms with Crippen LogP contribution in [0.1, 0.15) is 54.8 Å². The van der Waals surface area contributed by atoms with E-state index in [1.165, 1.54) is 5.56 Å². The van der Waals surface area contributed by atoms with Crippen LogP contribution in [0, 0.1) is 0 Å². The number of nitrogens with two attached hydrogens (primary N) is 1. The minimum atomic E-state index is -2.27. The van der Waals surface area contributed by atoms with Gasteiger partial charge in [0.25, 0.3) is 0 Å². The molecule has 2 unspecified atom stereocenters. The van der Waals surface area contributed by atoms with Gasteiger partial charge < -0.3 is 15.0 Å². The lowest BCUT2D eigenvalue weighted by molar-refractivity contribution is 0.153. The number of benzene rings is 1. The SMILES string of the molecule is CC(C)OC1=C(N)CC(c2ncc(-c3cccc4c3CC[C@@H]4NS(=O)[O-])s2)C=C1. The van der Waals surface area contributed by atoms with Crippen molar-refractivity contribution in [2.75, 3.05) is 0 Å². The molecule has 3 atom stereocenters. The van der Waals surface area contributed by atoms with Crippen LogP contribution in [-0.2, 0) is 22.4 Å². The van der Waals surface area contributed by atoms with Gasteiger partial charge in [-0.3, -0.25) is 4.21 Å². The van der Waals surface area contributed by atoms with Crippen LogP contribution >= 0.6 is 11.3 Å². The number of ether oxygens (including phenoxy) is 1. The van der Waals surface area contributed by atoms with E-state index in [0.29, 0.717) is 6.42 Å². The summed E-state index contributed by atoms with van der Waals surface area (Å²) in [6, 6.07) is 5.93. The van der Waals surface area contributed by atoms with E-state index >= 15 is 0 Å². The maximum atomic E-state index is 11.1. The summed E-state index contributed by atoms with van der Waals surface area (Å²) in [6.45, 7) is 3.97. The number of rotatable bonds is 6. The van der Waals surface area contributed by atoms with Crippen LogP contribution < -0.4 is 10.5 Å². The predicted molar refractivity (Wildman–Crippen MR) is 115 cm³/mol. The van der Waals surface area contributed by atoms with E-state index in [1.54, 1.807) is 11.3 Å². The van der Waals surface area contributed by atoms with Crippen LogP contribution in [-0.4, -0.2) is 19.8 Å². The number of nitrogens with zero attached hydrogens (tertiary/aromatic N) is 1. The first kappa shape index (κ1) is 20.3. The molecule has 29 heavy (non-hydrogen) atoms. The lowest BCUT2D eigenvalue weighted by Gasteiger charge is -2.20. The quantitative estimate of drug-likeness (QED) is 0.679. The van der Waals surface area contributed by atoms with Gasteiger partial charge >= 0.3 is 0 Å². The van der Waals surface area contributed by atoms with Crippen molar-refractivity contribution in [1.82, 2.24) is 9.71 Å². The molecule has 0 aliphatic heterocycles. The van der Waals surface area contributed by atoms with Gasteiger partial charge in [-0.2, -0.15) is 0 Å². The third kappa shape index (κ3) is 4.30. The van der Waals surface area contributed by atoms with E-state index in [9.17, 15) is 8.76 Å². The van der Waals surface area contributed by atoms with Gasteiger partial charge in [-0.05, 0) is 49.5 Å². The van der Waals surface area contributed by atoms with Crippen molar-refractivity contribution in [2.24, 2.45) is 5.73 Å². The van der Waals surface area contributed by atoms with Crippen LogP contribution in [0.4, 0.5) is 0 Å². The molecule has 4 rings (SSSR count). The topological polar surface area (TPSA) is 100 Å². The van der Waals surface area contributed by atoms with Gasteiger partial charge in [0, 0.05) is 35.8 Å². The average Bonchev–Trinajstić information content (AvgIpc) is 3.30.